The molecule has 2 N–H and O–H groups in total. The van der Waals surface area contributed by atoms with Crippen molar-refractivity contribution in [1.82, 2.24) is 4.72 Å². The molecular formula is C20H25NO5S. The van der Waals surface area contributed by atoms with E-state index >= 15 is 0 Å². The lowest BCUT2D eigenvalue weighted by Gasteiger charge is -2.25. The summed E-state index contributed by atoms with van der Waals surface area (Å²) in [4.78, 5) is 0. The van der Waals surface area contributed by atoms with Crippen LogP contribution in [0.3, 0.4) is 0 Å². The van der Waals surface area contributed by atoms with Gasteiger partial charge >= 0.3 is 0 Å². The molecule has 0 aromatic heterocycles. The third-order valence-electron chi connectivity index (χ3n) is 5.11. The second kappa shape index (κ2) is 7.50. The fraction of sp³-hybridized carbons (Fsp3) is 0.400. The number of fused-ring (bicyclic) bond motifs is 1. The van der Waals surface area contributed by atoms with E-state index in [9.17, 15) is 13.5 Å². The smallest absolute Gasteiger partial charge is 0.215 e. The molecule has 0 spiro atoms. The van der Waals surface area contributed by atoms with Crippen LogP contribution in [-0.4, -0.2) is 34.3 Å². The van der Waals surface area contributed by atoms with Gasteiger partial charge in [-0.2, -0.15) is 0 Å². The topological polar surface area (TPSA) is 84.9 Å². The molecule has 0 saturated carbocycles. The van der Waals surface area contributed by atoms with E-state index in [0.29, 0.717) is 29.9 Å². The van der Waals surface area contributed by atoms with Crippen LogP contribution in [-0.2, 0) is 27.8 Å². The van der Waals surface area contributed by atoms with E-state index in [1.165, 1.54) is 7.11 Å². The number of benzene rings is 2. The summed E-state index contributed by atoms with van der Waals surface area (Å²) in [5.41, 5.74) is 2.01. The molecule has 6 nitrogen and oxygen atoms in total. The number of hydrogen-bond donors (Lipinski definition) is 2. The zero-order valence-corrected chi connectivity index (χ0v) is 16.6. The molecule has 0 amide bonds. The van der Waals surface area contributed by atoms with Gasteiger partial charge in [-0.15, -0.1) is 0 Å². The van der Waals surface area contributed by atoms with Crippen LogP contribution in [0.5, 0.6) is 11.5 Å². The van der Waals surface area contributed by atoms with Crippen LogP contribution in [0, 0.1) is 6.92 Å². The van der Waals surface area contributed by atoms with Crippen LogP contribution in [0.25, 0.3) is 0 Å². The van der Waals surface area contributed by atoms with Crippen molar-refractivity contribution in [3.63, 3.8) is 0 Å². The van der Waals surface area contributed by atoms with Gasteiger partial charge in [-0.05, 0) is 54.2 Å². The first-order valence-corrected chi connectivity index (χ1v) is 10.4. The highest BCUT2D eigenvalue weighted by Crippen LogP contribution is 2.42. The van der Waals surface area contributed by atoms with E-state index in [2.05, 4.69) is 4.72 Å². The number of methoxy groups -OCH3 is 2. The maximum absolute atomic E-state index is 12.5. The van der Waals surface area contributed by atoms with E-state index in [1.807, 2.05) is 31.2 Å². The van der Waals surface area contributed by atoms with Crippen molar-refractivity contribution >= 4 is 10.0 Å². The molecule has 2 aromatic carbocycles. The molecule has 0 heterocycles. The minimum absolute atomic E-state index is 0.0797. The summed E-state index contributed by atoms with van der Waals surface area (Å²) in [6.07, 6.45) is 1.08. The predicted molar refractivity (Wildman–Crippen MR) is 104 cm³/mol. The number of nitrogens with one attached hydrogen (secondary N) is 1. The number of aliphatic hydroxyl groups is 1. The van der Waals surface area contributed by atoms with Crippen molar-refractivity contribution in [2.75, 3.05) is 20.8 Å². The summed E-state index contributed by atoms with van der Waals surface area (Å²) in [6, 6.07) is 10.9. The lowest BCUT2D eigenvalue weighted by molar-refractivity contribution is 0.0440. The number of hydrogen-bond acceptors (Lipinski definition) is 5. The molecule has 1 aliphatic rings. The van der Waals surface area contributed by atoms with Gasteiger partial charge < -0.3 is 14.6 Å². The molecule has 2 aromatic rings. The fourth-order valence-electron chi connectivity index (χ4n) is 3.48. The van der Waals surface area contributed by atoms with E-state index in [4.69, 9.17) is 9.47 Å². The second-order valence-corrected chi connectivity index (χ2v) is 8.71. The van der Waals surface area contributed by atoms with E-state index in [-0.39, 0.29) is 12.3 Å². The van der Waals surface area contributed by atoms with Crippen LogP contribution in [0.15, 0.2) is 36.4 Å². The first kappa shape index (κ1) is 19.7. The first-order valence-electron chi connectivity index (χ1n) is 8.77. The Labute approximate surface area is 160 Å². The second-order valence-electron chi connectivity index (χ2n) is 6.90. The quantitative estimate of drug-likeness (QED) is 0.756. The van der Waals surface area contributed by atoms with Crippen LogP contribution in [0.4, 0.5) is 0 Å². The average molecular weight is 391 g/mol. The normalized spacial score (nSPS) is 19.0. The Kier molecular flexibility index (Phi) is 5.46. The van der Waals surface area contributed by atoms with E-state index in [0.717, 1.165) is 16.7 Å². The molecule has 1 aliphatic carbocycles. The number of sulfonamides is 1. The summed E-state index contributed by atoms with van der Waals surface area (Å²) in [6.45, 7) is 1.80. The largest absolute Gasteiger partial charge is 0.493 e. The highest BCUT2D eigenvalue weighted by Gasteiger charge is 2.38. The van der Waals surface area contributed by atoms with Gasteiger partial charge in [0, 0.05) is 6.54 Å². The van der Waals surface area contributed by atoms with Gasteiger partial charge in [0.25, 0.3) is 0 Å². The van der Waals surface area contributed by atoms with Gasteiger partial charge in [0.15, 0.2) is 11.5 Å². The standard InChI is InChI=1S/C20H25NO5S/c1-14-6-4-5-7-16(14)12-27(23,24)21-13-20(22)9-8-15-10-18(25-2)19(26-3)11-17(15)20/h4-7,10-11,21-22H,8-9,12-13H2,1-3H3. The van der Waals surface area contributed by atoms with Gasteiger partial charge in [0.1, 0.15) is 5.60 Å². The molecule has 7 heteroatoms. The lowest BCUT2D eigenvalue weighted by atomic mass is 9.96. The van der Waals surface area contributed by atoms with E-state index < -0.39 is 15.6 Å². The number of aryl methyl sites for hydroxylation is 2. The van der Waals surface area contributed by atoms with E-state index in [1.54, 1.807) is 19.2 Å². The minimum atomic E-state index is -3.58. The first-order chi connectivity index (χ1) is 12.8. The molecule has 27 heavy (non-hydrogen) atoms. The molecule has 0 fully saturated rings. The van der Waals surface area contributed by atoms with Gasteiger partial charge in [-0.3, -0.25) is 0 Å². The van der Waals surface area contributed by atoms with Crippen molar-refractivity contribution in [3.8, 4) is 11.5 Å². The summed E-state index contributed by atoms with van der Waals surface area (Å²) in [7, 11) is -0.488. The van der Waals surface area contributed by atoms with Gasteiger partial charge in [0.05, 0.1) is 20.0 Å². The molecular weight excluding hydrogens is 366 g/mol. The van der Waals surface area contributed by atoms with Crippen LogP contribution >= 0.6 is 0 Å². The molecule has 3 rings (SSSR count). The Morgan fingerprint density at radius 3 is 2.48 bits per heavy atom. The van der Waals surface area contributed by atoms with Gasteiger partial charge in [-0.25, -0.2) is 13.1 Å². The van der Waals surface area contributed by atoms with Gasteiger partial charge in [-0.1, -0.05) is 24.3 Å². The Bertz CT molecular complexity index is 941. The Morgan fingerprint density at radius 2 is 1.81 bits per heavy atom. The number of rotatable bonds is 7. The SMILES string of the molecule is COc1cc2c(cc1OC)C(O)(CNS(=O)(=O)Cc1ccccc1C)CC2. The Balaban J connectivity index is 1.78. The zero-order chi connectivity index (χ0) is 19.7. The van der Waals surface area contributed by atoms with Crippen molar-refractivity contribution < 1.29 is 23.0 Å². The molecule has 1 atom stereocenters. The maximum atomic E-state index is 12.5. The van der Waals surface area contributed by atoms with Crippen LogP contribution in [0.2, 0.25) is 0 Å². The van der Waals surface area contributed by atoms with Crippen molar-refractivity contribution in [2.24, 2.45) is 0 Å². The molecule has 0 saturated heterocycles. The Hall–Kier alpha value is -2.09. The summed E-state index contributed by atoms with van der Waals surface area (Å²) in [5.74, 6) is 0.995. The molecule has 0 radical (unpaired) electrons. The van der Waals surface area contributed by atoms with Crippen LogP contribution in [0.1, 0.15) is 28.7 Å². The zero-order valence-electron chi connectivity index (χ0n) is 15.8. The summed E-state index contributed by atoms with van der Waals surface area (Å²) in [5, 5.41) is 11.1. The van der Waals surface area contributed by atoms with Gasteiger partial charge in [0.2, 0.25) is 10.0 Å². The highest BCUT2D eigenvalue weighted by atomic mass is 32.2. The maximum Gasteiger partial charge on any atom is 0.215 e. The third kappa shape index (κ3) is 4.10. The Morgan fingerprint density at radius 1 is 1.15 bits per heavy atom. The third-order valence-corrected chi connectivity index (χ3v) is 6.39. The summed E-state index contributed by atoms with van der Waals surface area (Å²) < 4.78 is 38.2. The molecule has 146 valence electrons. The predicted octanol–water partition coefficient (Wildman–Crippen LogP) is 2.27. The average Bonchev–Trinajstić information content (AvgIpc) is 2.97. The monoisotopic (exact) mass is 391 g/mol. The molecule has 0 aliphatic heterocycles. The van der Waals surface area contributed by atoms with Crippen LogP contribution < -0.4 is 14.2 Å². The van der Waals surface area contributed by atoms with Crippen molar-refractivity contribution in [2.45, 2.75) is 31.1 Å². The number of ether oxygens (including phenoxy) is 2. The highest BCUT2D eigenvalue weighted by molar-refractivity contribution is 7.88. The van der Waals surface area contributed by atoms with Crippen molar-refractivity contribution in [1.29, 1.82) is 0 Å². The molecule has 1 unspecified atom stereocenters. The fourth-order valence-corrected chi connectivity index (χ4v) is 4.77. The summed E-state index contributed by atoms with van der Waals surface area (Å²) >= 11 is 0. The minimum Gasteiger partial charge on any atom is -0.493 e. The van der Waals surface area contributed by atoms with Crippen molar-refractivity contribution in [3.05, 3.63) is 58.7 Å². The molecule has 0 bridgehead atoms. The lowest BCUT2D eigenvalue weighted by Crippen LogP contribution is -2.39.